The van der Waals surface area contributed by atoms with E-state index in [4.69, 9.17) is 19.4 Å². The van der Waals surface area contributed by atoms with Crippen molar-refractivity contribution in [1.29, 1.82) is 0 Å². The maximum atomic E-state index is 6.24. The van der Waals surface area contributed by atoms with E-state index in [2.05, 4.69) is 110 Å². The molecule has 0 amide bonds. The van der Waals surface area contributed by atoms with Gasteiger partial charge in [0.05, 0.1) is 0 Å². The molecule has 0 N–H and O–H groups in total. The predicted molar refractivity (Wildman–Crippen MR) is 203 cm³/mol. The third-order valence-electron chi connectivity index (χ3n) is 11.7. The van der Waals surface area contributed by atoms with Crippen LogP contribution in [0.25, 0.3) is 61.7 Å². The molecule has 3 aliphatic carbocycles. The van der Waals surface area contributed by atoms with Crippen LogP contribution in [0.2, 0.25) is 0 Å². The van der Waals surface area contributed by atoms with Crippen LogP contribution in [0.5, 0.6) is 0 Å². The predicted octanol–water partition coefficient (Wildman–Crippen LogP) is 11.5. The maximum absolute atomic E-state index is 6.24. The molecule has 10 rings (SSSR count). The zero-order valence-corrected chi connectivity index (χ0v) is 28.1. The Bertz CT molecular complexity index is 2500. The molecule has 7 aromatic rings. The summed E-state index contributed by atoms with van der Waals surface area (Å²) in [5.41, 5.74) is 10.3. The normalized spacial score (nSPS) is 20.6. The van der Waals surface area contributed by atoms with Crippen molar-refractivity contribution < 1.29 is 4.42 Å². The second-order valence-electron chi connectivity index (χ2n) is 14.5. The quantitative estimate of drug-likeness (QED) is 0.191. The van der Waals surface area contributed by atoms with Gasteiger partial charge in [-0.3, -0.25) is 0 Å². The largest absolute Gasteiger partial charge is 0.456 e. The van der Waals surface area contributed by atoms with Crippen LogP contribution in [0.15, 0.2) is 144 Å². The van der Waals surface area contributed by atoms with E-state index in [1.807, 2.05) is 36.4 Å². The Morgan fingerprint density at radius 2 is 1.20 bits per heavy atom. The molecule has 50 heavy (non-hydrogen) atoms. The second kappa shape index (κ2) is 11.2. The van der Waals surface area contributed by atoms with Gasteiger partial charge in [0.1, 0.15) is 11.2 Å². The molecule has 1 spiro atoms. The highest BCUT2D eigenvalue weighted by Gasteiger charge is 2.56. The van der Waals surface area contributed by atoms with E-state index in [1.54, 1.807) is 5.56 Å². The van der Waals surface area contributed by atoms with Crippen LogP contribution in [0, 0.1) is 5.92 Å². The monoisotopic (exact) mass is 647 g/mol. The number of hydrogen-bond donors (Lipinski definition) is 0. The van der Waals surface area contributed by atoms with Crippen molar-refractivity contribution in [2.45, 2.75) is 49.9 Å². The third kappa shape index (κ3) is 4.47. The first-order valence-electron chi connectivity index (χ1n) is 17.9. The fourth-order valence-electron chi connectivity index (χ4n) is 9.33. The first-order chi connectivity index (χ1) is 24.6. The third-order valence-corrected chi connectivity index (χ3v) is 11.7. The number of fused-ring (bicyclic) bond motifs is 8. The summed E-state index contributed by atoms with van der Waals surface area (Å²) in [6.45, 7) is 2.46. The van der Waals surface area contributed by atoms with Gasteiger partial charge in [0.15, 0.2) is 17.5 Å². The van der Waals surface area contributed by atoms with Crippen LogP contribution >= 0.6 is 0 Å². The fraction of sp³-hybridized carbons (Fsp3) is 0.196. The lowest BCUT2D eigenvalue weighted by Crippen LogP contribution is -2.40. The smallest absolute Gasteiger partial charge is 0.164 e. The Labute approximate surface area is 292 Å². The first kappa shape index (κ1) is 29.3. The van der Waals surface area contributed by atoms with E-state index in [0.29, 0.717) is 23.4 Å². The molecule has 3 aliphatic rings. The van der Waals surface area contributed by atoms with Crippen LogP contribution in [-0.4, -0.2) is 15.0 Å². The summed E-state index contributed by atoms with van der Waals surface area (Å²) in [5.74, 6) is 2.36. The summed E-state index contributed by atoms with van der Waals surface area (Å²) in [7, 11) is 0. The lowest BCUT2D eigenvalue weighted by molar-refractivity contribution is 0.205. The molecular weight excluding hydrogens is 611 g/mol. The average molecular weight is 648 g/mol. The van der Waals surface area contributed by atoms with Gasteiger partial charge in [0.25, 0.3) is 0 Å². The van der Waals surface area contributed by atoms with Crippen molar-refractivity contribution in [3.05, 3.63) is 156 Å². The van der Waals surface area contributed by atoms with Crippen LogP contribution in [0.3, 0.4) is 0 Å². The van der Waals surface area contributed by atoms with Crippen molar-refractivity contribution in [3.8, 4) is 34.2 Å². The molecule has 2 aromatic heterocycles. The number of nitrogens with zero attached hydrogens (tertiary/aromatic N) is 3. The van der Waals surface area contributed by atoms with E-state index < -0.39 is 0 Å². The molecule has 2 heterocycles. The Balaban J connectivity index is 1.08. The number of aromatic nitrogens is 3. The van der Waals surface area contributed by atoms with E-state index >= 15 is 0 Å². The number of benzene rings is 5. The summed E-state index contributed by atoms with van der Waals surface area (Å²) in [6.07, 6.45) is 13.9. The summed E-state index contributed by atoms with van der Waals surface area (Å²) in [5, 5.41) is 2.19. The maximum Gasteiger partial charge on any atom is 0.164 e. The number of hydrogen-bond acceptors (Lipinski definition) is 4. The van der Waals surface area contributed by atoms with Gasteiger partial charge in [-0.1, -0.05) is 141 Å². The van der Waals surface area contributed by atoms with Crippen LogP contribution < -0.4 is 0 Å². The standard InChI is InChI=1S/C46H37N3O/c1-45-26-23-32(29-41(45)46(24-10-3-11-25-46)38-19-8-7-18-37(38)45)31-15-12-16-33(27-31)43-47-42(30-13-4-2-5-14-30)48-44(49-43)34-21-22-36-35-17-6-9-20-39(35)50-40(36)28-34/h2,4-9,12-23,26-29,41H,3,10-11,24-25H2,1H3. The molecule has 2 atom stereocenters. The van der Waals surface area contributed by atoms with Crippen molar-refractivity contribution in [2.75, 3.05) is 0 Å². The average Bonchev–Trinajstić information content (AvgIpc) is 3.65. The lowest BCUT2D eigenvalue weighted by atomic mass is 9.59. The van der Waals surface area contributed by atoms with Crippen molar-refractivity contribution >= 4 is 27.5 Å². The molecule has 0 radical (unpaired) electrons. The van der Waals surface area contributed by atoms with Crippen molar-refractivity contribution in [3.63, 3.8) is 0 Å². The first-order valence-corrected chi connectivity index (χ1v) is 17.9. The lowest BCUT2D eigenvalue weighted by Gasteiger charge is -2.44. The van der Waals surface area contributed by atoms with Gasteiger partial charge < -0.3 is 4.42 Å². The molecule has 0 saturated heterocycles. The number of para-hydroxylation sites is 1. The van der Waals surface area contributed by atoms with Gasteiger partial charge in [-0.15, -0.1) is 0 Å². The van der Waals surface area contributed by atoms with Gasteiger partial charge in [0.2, 0.25) is 0 Å². The molecule has 5 aromatic carbocycles. The summed E-state index contributed by atoms with van der Waals surface area (Å²) >= 11 is 0. The molecule has 4 heteroatoms. The second-order valence-corrected chi connectivity index (χ2v) is 14.5. The minimum absolute atomic E-state index is 0.00365. The fourth-order valence-corrected chi connectivity index (χ4v) is 9.33. The minimum atomic E-state index is 0.00365. The number of allylic oxidation sites excluding steroid dienone is 4. The van der Waals surface area contributed by atoms with Gasteiger partial charge in [-0.05, 0) is 59.4 Å². The van der Waals surface area contributed by atoms with Gasteiger partial charge in [-0.2, -0.15) is 0 Å². The molecule has 1 fully saturated rings. The minimum Gasteiger partial charge on any atom is -0.456 e. The highest BCUT2D eigenvalue weighted by molar-refractivity contribution is 6.05. The molecule has 1 saturated carbocycles. The Kier molecular flexibility index (Phi) is 6.57. The zero-order chi connectivity index (χ0) is 33.3. The van der Waals surface area contributed by atoms with Crippen molar-refractivity contribution in [1.82, 2.24) is 15.0 Å². The summed E-state index contributed by atoms with van der Waals surface area (Å²) < 4.78 is 6.24. The SMILES string of the molecule is CC12C=CC(c3cccc(-c4nc(-c5ccccc5)nc(-c5ccc6c(c5)oc5ccccc56)n4)c3)=CC1C1(CCCCC1)c1ccccc12. The van der Waals surface area contributed by atoms with E-state index in [1.165, 1.54) is 48.8 Å². The molecule has 2 unspecified atom stereocenters. The van der Waals surface area contributed by atoms with Crippen LogP contribution in [-0.2, 0) is 10.8 Å². The van der Waals surface area contributed by atoms with Gasteiger partial charge in [0, 0.05) is 44.2 Å². The number of furan rings is 1. The number of rotatable bonds is 4. The van der Waals surface area contributed by atoms with Crippen molar-refractivity contribution in [2.24, 2.45) is 5.92 Å². The van der Waals surface area contributed by atoms with Gasteiger partial charge >= 0.3 is 0 Å². The Hall–Kier alpha value is -5.61. The van der Waals surface area contributed by atoms with E-state index in [-0.39, 0.29) is 10.8 Å². The Morgan fingerprint density at radius 1 is 0.560 bits per heavy atom. The Morgan fingerprint density at radius 3 is 2.02 bits per heavy atom. The molecular formula is C46H37N3O. The van der Waals surface area contributed by atoms with Crippen LogP contribution in [0.4, 0.5) is 0 Å². The van der Waals surface area contributed by atoms with E-state index in [0.717, 1.165) is 38.6 Å². The molecule has 242 valence electrons. The molecule has 4 nitrogen and oxygen atoms in total. The summed E-state index contributed by atoms with van der Waals surface area (Å²) in [6, 6.07) is 42.6. The molecule has 0 bridgehead atoms. The topological polar surface area (TPSA) is 51.8 Å². The molecule has 0 aliphatic heterocycles. The summed E-state index contributed by atoms with van der Waals surface area (Å²) in [4.78, 5) is 15.2. The van der Waals surface area contributed by atoms with Crippen LogP contribution in [0.1, 0.15) is 55.7 Å². The highest BCUT2D eigenvalue weighted by atomic mass is 16.3. The van der Waals surface area contributed by atoms with E-state index in [9.17, 15) is 0 Å². The zero-order valence-electron chi connectivity index (χ0n) is 28.1. The van der Waals surface area contributed by atoms with Gasteiger partial charge in [-0.25, -0.2) is 15.0 Å². The highest BCUT2D eigenvalue weighted by Crippen LogP contribution is 2.62.